The average Bonchev–Trinajstić information content (AvgIpc) is 2.03. The van der Waals surface area contributed by atoms with Gasteiger partial charge in [-0.3, -0.25) is 0 Å². The second-order valence-corrected chi connectivity index (χ2v) is 2.92. The maximum atomic E-state index is 3.21. The fourth-order valence-electron chi connectivity index (χ4n) is 1.19. The molecule has 0 fully saturated rings. The Morgan fingerprint density at radius 1 is 1.45 bits per heavy atom. The molecule has 1 aromatic rings. The largest absolute Gasteiger partial charge is 0.0654 e. The van der Waals surface area contributed by atoms with Gasteiger partial charge in [-0.25, -0.2) is 0 Å². The minimum Gasteiger partial charge on any atom is -0.0654 e. The summed E-state index contributed by atoms with van der Waals surface area (Å²) in [6.45, 7) is 4.35. The van der Waals surface area contributed by atoms with Crippen LogP contribution in [0.3, 0.4) is 0 Å². The molecular formula is C11H15. The van der Waals surface area contributed by atoms with Crippen LogP contribution < -0.4 is 0 Å². The van der Waals surface area contributed by atoms with Crippen LogP contribution in [-0.4, -0.2) is 0 Å². The molecule has 1 radical (unpaired) electrons. The summed E-state index contributed by atoms with van der Waals surface area (Å²) in [4.78, 5) is 0. The van der Waals surface area contributed by atoms with Crippen LogP contribution in [0.1, 0.15) is 30.9 Å². The number of hydrogen-bond acceptors (Lipinski definition) is 0. The van der Waals surface area contributed by atoms with E-state index in [0.717, 1.165) is 0 Å². The topological polar surface area (TPSA) is 0 Å². The summed E-state index contributed by atoms with van der Waals surface area (Å²) >= 11 is 0. The van der Waals surface area contributed by atoms with Crippen molar-refractivity contribution < 1.29 is 0 Å². The lowest BCUT2D eigenvalue weighted by Crippen LogP contribution is -1.87. The molecule has 0 aromatic heterocycles. The molecule has 0 saturated carbocycles. The number of unbranched alkanes of at least 4 members (excludes halogenated alkanes) is 1. The summed E-state index contributed by atoms with van der Waals surface area (Å²) in [6.07, 6.45) is 3.77. The first-order chi connectivity index (χ1) is 5.34. The van der Waals surface area contributed by atoms with E-state index < -0.39 is 0 Å². The van der Waals surface area contributed by atoms with Crippen molar-refractivity contribution in [2.24, 2.45) is 0 Å². The second kappa shape index (κ2) is 4.17. The van der Waals surface area contributed by atoms with Crippen LogP contribution in [0, 0.1) is 13.0 Å². The second-order valence-electron chi connectivity index (χ2n) is 2.92. The van der Waals surface area contributed by atoms with E-state index in [9.17, 15) is 0 Å². The van der Waals surface area contributed by atoms with Crippen molar-refractivity contribution in [1.29, 1.82) is 0 Å². The fraction of sp³-hybridized carbons (Fsp3) is 0.455. The molecule has 0 spiro atoms. The Balaban J connectivity index is 2.62. The van der Waals surface area contributed by atoms with Crippen LogP contribution in [0.5, 0.6) is 0 Å². The van der Waals surface area contributed by atoms with Gasteiger partial charge < -0.3 is 0 Å². The van der Waals surface area contributed by atoms with E-state index in [0.29, 0.717) is 0 Å². The van der Waals surface area contributed by atoms with Crippen LogP contribution in [-0.2, 0) is 6.42 Å². The standard InChI is InChI=1S/C11H15/c1-3-4-8-11-9-6-5-7-10(11)2/h5-6,9H,3-4,8H2,1-2H3. The van der Waals surface area contributed by atoms with Gasteiger partial charge in [-0.15, -0.1) is 0 Å². The molecule has 0 nitrogen and oxygen atoms in total. The van der Waals surface area contributed by atoms with Crippen LogP contribution in [0.25, 0.3) is 0 Å². The summed E-state index contributed by atoms with van der Waals surface area (Å²) in [5.74, 6) is 0. The normalized spacial score (nSPS) is 10.0. The van der Waals surface area contributed by atoms with Gasteiger partial charge in [-0.05, 0) is 37.0 Å². The Labute approximate surface area is 69.3 Å². The van der Waals surface area contributed by atoms with Gasteiger partial charge >= 0.3 is 0 Å². The molecule has 0 aliphatic heterocycles. The van der Waals surface area contributed by atoms with Gasteiger partial charge in [0.1, 0.15) is 0 Å². The van der Waals surface area contributed by atoms with Gasteiger partial charge in [-0.2, -0.15) is 0 Å². The van der Waals surface area contributed by atoms with Crippen molar-refractivity contribution in [3.8, 4) is 0 Å². The van der Waals surface area contributed by atoms with Crippen LogP contribution in [0.15, 0.2) is 18.2 Å². The van der Waals surface area contributed by atoms with E-state index in [-0.39, 0.29) is 0 Å². The lowest BCUT2D eigenvalue weighted by Gasteiger charge is -2.02. The minimum atomic E-state index is 1.21. The Morgan fingerprint density at radius 2 is 2.27 bits per heavy atom. The lowest BCUT2D eigenvalue weighted by atomic mass is 10.0. The van der Waals surface area contributed by atoms with Gasteiger partial charge in [0.2, 0.25) is 0 Å². The SMILES string of the molecule is CCCCc1ccc[c]c1C. The molecule has 0 saturated heterocycles. The predicted molar refractivity (Wildman–Crippen MR) is 48.6 cm³/mol. The predicted octanol–water partition coefficient (Wildman–Crippen LogP) is 3.14. The molecule has 0 heteroatoms. The highest BCUT2D eigenvalue weighted by Gasteiger charge is 1.94. The highest BCUT2D eigenvalue weighted by atomic mass is 14.0. The Bertz CT molecular complexity index is 213. The Morgan fingerprint density at radius 3 is 2.91 bits per heavy atom. The molecular weight excluding hydrogens is 132 g/mol. The van der Waals surface area contributed by atoms with E-state index in [4.69, 9.17) is 0 Å². The molecule has 0 amide bonds. The summed E-state index contributed by atoms with van der Waals surface area (Å²) in [7, 11) is 0. The summed E-state index contributed by atoms with van der Waals surface area (Å²) < 4.78 is 0. The average molecular weight is 147 g/mol. The van der Waals surface area contributed by atoms with E-state index in [1.54, 1.807) is 0 Å². The van der Waals surface area contributed by atoms with E-state index in [1.165, 1.54) is 30.4 Å². The number of aryl methyl sites for hydroxylation is 2. The Hall–Kier alpha value is -0.780. The number of hydrogen-bond donors (Lipinski definition) is 0. The smallest absolute Gasteiger partial charge is 0.0149 e. The zero-order chi connectivity index (χ0) is 8.10. The molecule has 0 unspecified atom stereocenters. The van der Waals surface area contributed by atoms with Crippen molar-refractivity contribution in [2.45, 2.75) is 33.1 Å². The van der Waals surface area contributed by atoms with E-state index in [2.05, 4.69) is 32.0 Å². The molecule has 11 heavy (non-hydrogen) atoms. The lowest BCUT2D eigenvalue weighted by molar-refractivity contribution is 0.791. The molecule has 0 atom stereocenters. The summed E-state index contributed by atoms with van der Waals surface area (Å²) in [6, 6.07) is 9.45. The van der Waals surface area contributed by atoms with Gasteiger partial charge in [0.05, 0.1) is 0 Å². The van der Waals surface area contributed by atoms with Gasteiger partial charge in [0.15, 0.2) is 0 Å². The molecule has 0 heterocycles. The third-order valence-corrected chi connectivity index (χ3v) is 1.97. The fourth-order valence-corrected chi connectivity index (χ4v) is 1.19. The first kappa shape index (κ1) is 8.32. The molecule has 0 aliphatic carbocycles. The van der Waals surface area contributed by atoms with Crippen molar-refractivity contribution in [2.75, 3.05) is 0 Å². The molecule has 1 rings (SSSR count). The van der Waals surface area contributed by atoms with Crippen molar-refractivity contribution in [3.05, 3.63) is 35.4 Å². The zero-order valence-electron chi connectivity index (χ0n) is 7.35. The molecule has 1 aromatic carbocycles. The molecule has 0 aliphatic rings. The third kappa shape index (κ3) is 2.38. The maximum absolute atomic E-state index is 3.21. The van der Waals surface area contributed by atoms with Crippen molar-refractivity contribution in [1.82, 2.24) is 0 Å². The molecule has 59 valence electrons. The van der Waals surface area contributed by atoms with Crippen LogP contribution in [0.2, 0.25) is 0 Å². The maximum Gasteiger partial charge on any atom is -0.0149 e. The van der Waals surface area contributed by atoms with E-state index in [1.807, 2.05) is 6.07 Å². The van der Waals surface area contributed by atoms with Crippen molar-refractivity contribution >= 4 is 0 Å². The van der Waals surface area contributed by atoms with Gasteiger partial charge in [0.25, 0.3) is 0 Å². The zero-order valence-corrected chi connectivity index (χ0v) is 7.35. The van der Waals surface area contributed by atoms with Crippen LogP contribution in [0.4, 0.5) is 0 Å². The number of benzene rings is 1. The highest BCUT2D eigenvalue weighted by molar-refractivity contribution is 5.24. The first-order valence-electron chi connectivity index (χ1n) is 4.30. The summed E-state index contributed by atoms with van der Waals surface area (Å²) in [5, 5.41) is 0. The van der Waals surface area contributed by atoms with E-state index >= 15 is 0 Å². The monoisotopic (exact) mass is 147 g/mol. The quantitative estimate of drug-likeness (QED) is 0.616. The minimum absolute atomic E-state index is 1.21. The molecule has 0 N–H and O–H groups in total. The summed E-state index contributed by atoms with van der Waals surface area (Å²) in [5.41, 5.74) is 2.76. The van der Waals surface area contributed by atoms with Gasteiger partial charge in [-0.1, -0.05) is 31.5 Å². The third-order valence-electron chi connectivity index (χ3n) is 1.97. The highest BCUT2D eigenvalue weighted by Crippen LogP contribution is 2.09. The van der Waals surface area contributed by atoms with Gasteiger partial charge in [0, 0.05) is 0 Å². The first-order valence-corrected chi connectivity index (χ1v) is 4.30. The van der Waals surface area contributed by atoms with Crippen LogP contribution >= 0.6 is 0 Å². The Kier molecular flexibility index (Phi) is 3.15. The molecule has 0 bridgehead atoms. The number of rotatable bonds is 3. The van der Waals surface area contributed by atoms with Crippen molar-refractivity contribution in [3.63, 3.8) is 0 Å².